The first kappa shape index (κ1) is 13.9. The second-order valence-electron chi connectivity index (χ2n) is 4.85. The van der Waals surface area contributed by atoms with Crippen molar-refractivity contribution in [1.82, 2.24) is 9.78 Å². The van der Waals surface area contributed by atoms with Crippen LogP contribution in [0.1, 0.15) is 5.56 Å². The summed E-state index contributed by atoms with van der Waals surface area (Å²) in [6.07, 6.45) is 3.66. The number of hydrogen-bond acceptors (Lipinski definition) is 3. The lowest BCUT2D eigenvalue weighted by molar-refractivity contribution is -0.115. The Hall–Kier alpha value is -3.08. The normalized spacial score (nSPS) is 10.4. The highest BCUT2D eigenvalue weighted by Crippen LogP contribution is 2.18. The monoisotopic (exact) mass is 293 g/mol. The minimum absolute atomic E-state index is 0.124. The van der Waals surface area contributed by atoms with E-state index < -0.39 is 0 Å². The van der Waals surface area contributed by atoms with Gasteiger partial charge in [0.25, 0.3) is 0 Å². The molecule has 0 radical (unpaired) electrons. The van der Waals surface area contributed by atoms with E-state index in [2.05, 4.69) is 10.4 Å². The fourth-order valence-electron chi connectivity index (χ4n) is 2.19. The zero-order valence-electron chi connectivity index (χ0n) is 11.8. The number of rotatable bonds is 4. The molecule has 3 rings (SSSR count). The highest BCUT2D eigenvalue weighted by molar-refractivity contribution is 5.92. The third-order valence-corrected chi connectivity index (χ3v) is 3.24. The second kappa shape index (κ2) is 6.13. The Bertz CT molecular complexity index is 782. The van der Waals surface area contributed by atoms with Gasteiger partial charge >= 0.3 is 0 Å². The van der Waals surface area contributed by atoms with Gasteiger partial charge in [-0.05, 0) is 30.3 Å². The average molecular weight is 293 g/mol. The van der Waals surface area contributed by atoms with Crippen molar-refractivity contribution in [1.29, 1.82) is 0 Å². The Labute approximate surface area is 127 Å². The summed E-state index contributed by atoms with van der Waals surface area (Å²) < 4.78 is 1.72. The Morgan fingerprint density at radius 2 is 2.00 bits per heavy atom. The van der Waals surface area contributed by atoms with Crippen LogP contribution in [0.15, 0.2) is 67.0 Å². The van der Waals surface area contributed by atoms with Gasteiger partial charge in [-0.1, -0.05) is 24.3 Å². The van der Waals surface area contributed by atoms with E-state index in [0.717, 1.165) is 5.69 Å². The molecule has 0 spiro atoms. The van der Waals surface area contributed by atoms with Gasteiger partial charge in [0, 0.05) is 23.6 Å². The molecule has 2 aromatic carbocycles. The van der Waals surface area contributed by atoms with E-state index in [-0.39, 0.29) is 18.1 Å². The predicted molar refractivity (Wildman–Crippen MR) is 84.0 cm³/mol. The summed E-state index contributed by atoms with van der Waals surface area (Å²) in [5.41, 5.74) is 2.15. The maximum Gasteiger partial charge on any atom is 0.228 e. The highest BCUT2D eigenvalue weighted by atomic mass is 16.3. The summed E-state index contributed by atoms with van der Waals surface area (Å²) >= 11 is 0. The van der Waals surface area contributed by atoms with Gasteiger partial charge in [-0.3, -0.25) is 4.79 Å². The van der Waals surface area contributed by atoms with Gasteiger partial charge in [-0.2, -0.15) is 5.10 Å². The van der Waals surface area contributed by atoms with Crippen LogP contribution in [0.25, 0.3) is 5.69 Å². The van der Waals surface area contributed by atoms with Crippen molar-refractivity contribution >= 4 is 11.6 Å². The van der Waals surface area contributed by atoms with Gasteiger partial charge in [-0.15, -0.1) is 0 Å². The zero-order valence-corrected chi connectivity index (χ0v) is 11.8. The van der Waals surface area contributed by atoms with E-state index >= 15 is 0 Å². The summed E-state index contributed by atoms with van der Waals surface area (Å²) in [7, 11) is 0. The number of nitrogens with one attached hydrogen (secondary N) is 1. The van der Waals surface area contributed by atoms with Crippen LogP contribution >= 0.6 is 0 Å². The number of para-hydroxylation sites is 1. The number of anilines is 1. The molecule has 1 heterocycles. The summed E-state index contributed by atoms with van der Waals surface area (Å²) in [5.74, 6) is -0.0537. The topological polar surface area (TPSA) is 67.2 Å². The second-order valence-corrected chi connectivity index (χ2v) is 4.85. The molecule has 110 valence electrons. The van der Waals surface area contributed by atoms with Crippen LogP contribution in [0, 0.1) is 0 Å². The fourth-order valence-corrected chi connectivity index (χ4v) is 2.19. The molecule has 0 saturated heterocycles. The largest absolute Gasteiger partial charge is 0.508 e. The number of carbonyl (C=O) groups excluding carboxylic acids is 1. The van der Waals surface area contributed by atoms with Gasteiger partial charge in [0.05, 0.1) is 12.1 Å². The van der Waals surface area contributed by atoms with Crippen LogP contribution in [-0.4, -0.2) is 20.8 Å². The Balaban J connectivity index is 1.72. The van der Waals surface area contributed by atoms with Crippen molar-refractivity contribution in [2.24, 2.45) is 0 Å². The molecule has 5 heteroatoms. The van der Waals surface area contributed by atoms with E-state index in [1.807, 2.05) is 36.5 Å². The van der Waals surface area contributed by atoms with Crippen LogP contribution in [0.5, 0.6) is 5.75 Å². The molecule has 1 amide bonds. The van der Waals surface area contributed by atoms with Gasteiger partial charge in [-0.25, -0.2) is 4.68 Å². The van der Waals surface area contributed by atoms with Crippen molar-refractivity contribution in [3.63, 3.8) is 0 Å². The van der Waals surface area contributed by atoms with Crippen LogP contribution in [-0.2, 0) is 11.2 Å². The molecule has 5 nitrogen and oxygen atoms in total. The minimum Gasteiger partial charge on any atom is -0.508 e. The Morgan fingerprint density at radius 1 is 1.14 bits per heavy atom. The predicted octanol–water partition coefficient (Wildman–Crippen LogP) is 2.76. The SMILES string of the molecule is O=C(Cc1ccccc1O)Nc1cccc(-n2cccn2)c1. The summed E-state index contributed by atoms with van der Waals surface area (Å²) in [6, 6.07) is 16.1. The first-order chi connectivity index (χ1) is 10.7. The highest BCUT2D eigenvalue weighted by Gasteiger charge is 2.08. The standard InChI is InChI=1S/C17H15N3O2/c21-16-8-2-1-5-13(16)11-17(22)19-14-6-3-7-15(12-14)20-10-4-9-18-20/h1-10,12,21H,11H2,(H,19,22). The maximum atomic E-state index is 12.1. The number of nitrogens with zero attached hydrogens (tertiary/aromatic N) is 2. The van der Waals surface area contributed by atoms with E-state index in [4.69, 9.17) is 0 Å². The molecule has 0 aliphatic carbocycles. The number of phenolic OH excluding ortho intramolecular Hbond substituents is 1. The summed E-state index contributed by atoms with van der Waals surface area (Å²) in [4.78, 5) is 12.1. The zero-order chi connectivity index (χ0) is 15.4. The lowest BCUT2D eigenvalue weighted by atomic mass is 10.1. The van der Waals surface area contributed by atoms with Gasteiger partial charge in [0.2, 0.25) is 5.91 Å². The van der Waals surface area contributed by atoms with Gasteiger partial charge in [0.1, 0.15) is 5.75 Å². The Morgan fingerprint density at radius 3 is 2.77 bits per heavy atom. The number of amides is 1. The molecule has 3 aromatic rings. The van der Waals surface area contributed by atoms with Gasteiger partial charge < -0.3 is 10.4 Å². The van der Waals surface area contributed by atoms with E-state index in [1.54, 1.807) is 35.1 Å². The Kier molecular flexibility index (Phi) is 3.87. The maximum absolute atomic E-state index is 12.1. The first-order valence-electron chi connectivity index (χ1n) is 6.89. The molecule has 0 unspecified atom stereocenters. The molecule has 0 aliphatic rings. The van der Waals surface area contributed by atoms with Crippen LogP contribution in [0.4, 0.5) is 5.69 Å². The molecule has 0 fully saturated rings. The molecular weight excluding hydrogens is 278 g/mol. The first-order valence-corrected chi connectivity index (χ1v) is 6.89. The van der Waals surface area contributed by atoms with Gasteiger partial charge in [0.15, 0.2) is 0 Å². The molecule has 22 heavy (non-hydrogen) atoms. The third kappa shape index (κ3) is 3.15. The number of aromatic hydroxyl groups is 1. The van der Waals surface area contributed by atoms with Crippen LogP contribution < -0.4 is 5.32 Å². The number of carbonyl (C=O) groups is 1. The number of benzene rings is 2. The van der Waals surface area contributed by atoms with E-state index in [1.165, 1.54) is 0 Å². The van der Waals surface area contributed by atoms with Crippen molar-refractivity contribution in [2.75, 3.05) is 5.32 Å². The molecule has 0 aliphatic heterocycles. The molecular formula is C17H15N3O2. The molecule has 0 atom stereocenters. The van der Waals surface area contributed by atoms with Crippen molar-refractivity contribution < 1.29 is 9.90 Å². The minimum atomic E-state index is -0.181. The van der Waals surface area contributed by atoms with Crippen molar-refractivity contribution in [2.45, 2.75) is 6.42 Å². The number of aromatic nitrogens is 2. The van der Waals surface area contributed by atoms with E-state index in [9.17, 15) is 9.90 Å². The molecule has 2 N–H and O–H groups in total. The van der Waals surface area contributed by atoms with Crippen LogP contribution in [0.2, 0.25) is 0 Å². The van der Waals surface area contributed by atoms with Crippen LogP contribution in [0.3, 0.4) is 0 Å². The fraction of sp³-hybridized carbons (Fsp3) is 0.0588. The van der Waals surface area contributed by atoms with Crippen molar-refractivity contribution in [3.05, 3.63) is 72.6 Å². The summed E-state index contributed by atoms with van der Waals surface area (Å²) in [5, 5.41) is 16.7. The third-order valence-electron chi connectivity index (χ3n) is 3.24. The molecule has 1 aromatic heterocycles. The number of hydrogen-bond donors (Lipinski definition) is 2. The quantitative estimate of drug-likeness (QED) is 0.777. The molecule has 0 bridgehead atoms. The summed E-state index contributed by atoms with van der Waals surface area (Å²) in [6.45, 7) is 0. The van der Waals surface area contributed by atoms with E-state index in [0.29, 0.717) is 11.3 Å². The molecule has 0 saturated carbocycles. The number of phenols is 1. The smallest absolute Gasteiger partial charge is 0.228 e. The lowest BCUT2D eigenvalue weighted by Gasteiger charge is -2.08. The average Bonchev–Trinajstić information content (AvgIpc) is 3.04. The lowest BCUT2D eigenvalue weighted by Crippen LogP contribution is -2.14. The van der Waals surface area contributed by atoms with Crippen molar-refractivity contribution in [3.8, 4) is 11.4 Å².